The summed E-state index contributed by atoms with van der Waals surface area (Å²) in [5.41, 5.74) is 5.58. The molecule has 1 rings (SSSR count). The van der Waals surface area contributed by atoms with Crippen molar-refractivity contribution in [2.75, 3.05) is 26.2 Å². The molecule has 2 unspecified atom stereocenters. The lowest BCUT2D eigenvalue weighted by molar-refractivity contribution is -0.139. The van der Waals surface area contributed by atoms with Gasteiger partial charge in [-0.1, -0.05) is 0 Å². The molecule has 0 fully saturated rings. The molecule has 1 aromatic heterocycles. The number of aromatic nitrogens is 2. The summed E-state index contributed by atoms with van der Waals surface area (Å²) >= 11 is 0. The third kappa shape index (κ3) is 12.1. The Morgan fingerprint density at radius 1 is 0.833 bits per heavy atom. The third-order valence-corrected chi connectivity index (χ3v) is 4.40. The minimum Gasteiger partial charge on any atom is -0.481 e. The SMILES string of the molecule is NCC(=O)NCC(=O)NC(CCC(=O)O)C(=O)NCC(=O)NC(Cc1cnc[nH]1)C(=O)NCC(=O)O. The smallest absolute Gasteiger partial charge is 0.322 e. The molecule has 2 atom stereocenters. The normalized spacial score (nSPS) is 11.9. The van der Waals surface area contributed by atoms with Gasteiger partial charge in [-0.3, -0.25) is 33.6 Å². The number of aliphatic carboxylic acids is 2. The van der Waals surface area contributed by atoms with Crippen LogP contribution in [-0.2, 0) is 40.0 Å². The first-order valence-electron chi connectivity index (χ1n) is 10.5. The summed E-state index contributed by atoms with van der Waals surface area (Å²) in [5, 5.41) is 28.8. The van der Waals surface area contributed by atoms with E-state index in [1.807, 2.05) is 0 Å². The van der Waals surface area contributed by atoms with Crippen LogP contribution in [0.3, 0.4) is 0 Å². The molecule has 10 N–H and O–H groups in total. The maximum absolute atomic E-state index is 12.5. The number of amides is 5. The van der Waals surface area contributed by atoms with Crippen LogP contribution in [0.15, 0.2) is 12.5 Å². The van der Waals surface area contributed by atoms with Crippen LogP contribution in [-0.4, -0.2) is 99.9 Å². The molecule has 5 amide bonds. The lowest BCUT2D eigenvalue weighted by Gasteiger charge is -2.20. The van der Waals surface area contributed by atoms with Crippen molar-refractivity contribution in [3.05, 3.63) is 18.2 Å². The zero-order valence-electron chi connectivity index (χ0n) is 19.0. The highest BCUT2D eigenvalue weighted by Crippen LogP contribution is 2.00. The second-order valence-electron chi connectivity index (χ2n) is 7.26. The first-order valence-corrected chi connectivity index (χ1v) is 10.5. The van der Waals surface area contributed by atoms with Gasteiger partial charge in [0.2, 0.25) is 29.5 Å². The molecule has 17 heteroatoms. The number of nitrogens with zero attached hydrogens (tertiary/aromatic N) is 1. The molecule has 0 saturated heterocycles. The van der Waals surface area contributed by atoms with Gasteiger partial charge in [-0.15, -0.1) is 0 Å². The van der Waals surface area contributed by atoms with Crippen molar-refractivity contribution in [2.45, 2.75) is 31.3 Å². The number of hydrogen-bond acceptors (Lipinski definition) is 9. The number of carbonyl (C=O) groups excluding carboxylic acids is 5. The molecule has 36 heavy (non-hydrogen) atoms. The predicted octanol–water partition coefficient (Wildman–Crippen LogP) is -4.82. The Bertz CT molecular complexity index is 951. The molecule has 0 aliphatic carbocycles. The predicted molar refractivity (Wildman–Crippen MR) is 119 cm³/mol. The van der Waals surface area contributed by atoms with Gasteiger partial charge in [0.25, 0.3) is 0 Å². The number of nitrogens with two attached hydrogens (primary N) is 1. The van der Waals surface area contributed by atoms with Gasteiger partial charge in [-0.2, -0.15) is 0 Å². The topological polar surface area (TPSA) is 275 Å². The molecule has 0 aliphatic heterocycles. The zero-order chi connectivity index (χ0) is 27.1. The van der Waals surface area contributed by atoms with Crippen molar-refractivity contribution in [3.8, 4) is 0 Å². The monoisotopic (exact) mass is 512 g/mol. The van der Waals surface area contributed by atoms with Crippen molar-refractivity contribution in [2.24, 2.45) is 5.73 Å². The number of hydrogen-bond donors (Lipinski definition) is 9. The van der Waals surface area contributed by atoms with E-state index in [0.717, 1.165) is 0 Å². The van der Waals surface area contributed by atoms with Gasteiger partial charge in [0.15, 0.2) is 0 Å². The molecule has 0 aromatic carbocycles. The minimum atomic E-state index is -1.34. The Kier molecular flexibility index (Phi) is 12.6. The van der Waals surface area contributed by atoms with E-state index >= 15 is 0 Å². The molecule has 0 radical (unpaired) electrons. The molecular formula is C19H28N8O9. The summed E-state index contributed by atoms with van der Waals surface area (Å²) in [6.45, 7) is -2.19. The number of aromatic amines is 1. The minimum absolute atomic E-state index is 0.0586. The highest BCUT2D eigenvalue weighted by molar-refractivity contribution is 5.94. The van der Waals surface area contributed by atoms with Gasteiger partial charge in [-0.05, 0) is 6.42 Å². The van der Waals surface area contributed by atoms with E-state index in [1.165, 1.54) is 12.5 Å². The summed E-state index contributed by atoms with van der Waals surface area (Å²) in [6.07, 6.45) is 1.90. The number of rotatable bonds is 16. The van der Waals surface area contributed by atoms with Gasteiger partial charge in [0.05, 0.1) is 26.0 Å². The molecule has 198 valence electrons. The van der Waals surface area contributed by atoms with Crippen molar-refractivity contribution in [1.82, 2.24) is 36.6 Å². The quantitative estimate of drug-likeness (QED) is 0.101. The fourth-order valence-corrected chi connectivity index (χ4v) is 2.68. The van der Waals surface area contributed by atoms with Crippen LogP contribution >= 0.6 is 0 Å². The van der Waals surface area contributed by atoms with Crippen LogP contribution in [0, 0.1) is 0 Å². The van der Waals surface area contributed by atoms with Crippen LogP contribution in [0.1, 0.15) is 18.5 Å². The summed E-state index contributed by atoms with van der Waals surface area (Å²) in [6, 6.07) is -2.54. The van der Waals surface area contributed by atoms with Gasteiger partial charge >= 0.3 is 11.9 Å². The van der Waals surface area contributed by atoms with E-state index in [1.54, 1.807) is 0 Å². The number of carbonyl (C=O) groups is 7. The fourth-order valence-electron chi connectivity index (χ4n) is 2.68. The van der Waals surface area contributed by atoms with E-state index in [2.05, 4.69) is 36.6 Å². The zero-order valence-corrected chi connectivity index (χ0v) is 19.0. The van der Waals surface area contributed by atoms with Gasteiger partial charge < -0.3 is 47.5 Å². The largest absolute Gasteiger partial charge is 0.481 e. The number of carboxylic acid groups (broad SMARTS) is 2. The summed E-state index contributed by atoms with van der Waals surface area (Å²) in [4.78, 5) is 88.4. The molecular weight excluding hydrogens is 484 g/mol. The Hall–Kier alpha value is -4.54. The maximum atomic E-state index is 12.5. The Labute approximate surface area is 204 Å². The van der Waals surface area contributed by atoms with E-state index in [9.17, 15) is 33.6 Å². The fraction of sp³-hybridized carbons (Fsp3) is 0.474. The van der Waals surface area contributed by atoms with Crippen LogP contribution in [0.25, 0.3) is 0 Å². The van der Waals surface area contributed by atoms with Gasteiger partial charge in [-0.25, -0.2) is 4.98 Å². The number of carboxylic acids is 2. The first kappa shape index (κ1) is 29.5. The number of imidazole rings is 1. The van der Waals surface area contributed by atoms with E-state index in [-0.39, 0.29) is 19.4 Å². The van der Waals surface area contributed by atoms with Gasteiger partial charge in [0, 0.05) is 24.7 Å². The highest BCUT2D eigenvalue weighted by atomic mass is 16.4. The Morgan fingerprint density at radius 2 is 1.42 bits per heavy atom. The summed E-state index contributed by atoms with van der Waals surface area (Å²) in [5.74, 6) is -6.43. The van der Waals surface area contributed by atoms with Crippen molar-refractivity contribution in [3.63, 3.8) is 0 Å². The van der Waals surface area contributed by atoms with Crippen molar-refractivity contribution in [1.29, 1.82) is 0 Å². The van der Waals surface area contributed by atoms with Crippen LogP contribution in [0.5, 0.6) is 0 Å². The second kappa shape index (κ2) is 15.4. The third-order valence-electron chi connectivity index (χ3n) is 4.40. The Balaban J connectivity index is 2.72. The molecule has 17 nitrogen and oxygen atoms in total. The molecule has 0 aliphatic rings. The van der Waals surface area contributed by atoms with Crippen molar-refractivity contribution < 1.29 is 43.8 Å². The highest BCUT2D eigenvalue weighted by Gasteiger charge is 2.25. The standard InChI is InChI=1S/C19H28N8O9/c20-4-13(28)22-6-14(29)26-11(1-2-16(31)32)18(35)23-7-15(30)27-12(3-10-5-21-9-25-10)19(36)24-8-17(33)34/h5,9,11-12H,1-4,6-8,20H2,(H,21,25)(H,22,28)(H,23,35)(H,24,36)(H,26,29)(H,27,30)(H,31,32)(H,33,34). The van der Waals surface area contributed by atoms with E-state index in [4.69, 9.17) is 15.9 Å². The molecule has 1 heterocycles. The first-order chi connectivity index (χ1) is 17.0. The lowest BCUT2D eigenvalue weighted by Crippen LogP contribution is -2.54. The summed E-state index contributed by atoms with van der Waals surface area (Å²) in [7, 11) is 0. The second-order valence-corrected chi connectivity index (χ2v) is 7.26. The van der Waals surface area contributed by atoms with Crippen LogP contribution in [0.4, 0.5) is 0 Å². The maximum Gasteiger partial charge on any atom is 0.322 e. The number of nitrogens with one attached hydrogen (secondary N) is 6. The Morgan fingerprint density at radius 3 is 1.97 bits per heavy atom. The van der Waals surface area contributed by atoms with Crippen LogP contribution < -0.4 is 32.3 Å². The molecule has 1 aromatic rings. The van der Waals surface area contributed by atoms with Crippen molar-refractivity contribution >= 4 is 41.5 Å². The van der Waals surface area contributed by atoms with E-state index in [0.29, 0.717) is 5.69 Å². The number of H-pyrrole nitrogens is 1. The summed E-state index contributed by atoms with van der Waals surface area (Å²) < 4.78 is 0. The van der Waals surface area contributed by atoms with Gasteiger partial charge in [0.1, 0.15) is 18.6 Å². The lowest BCUT2D eigenvalue weighted by atomic mass is 10.1. The average Bonchev–Trinajstić information content (AvgIpc) is 3.34. The van der Waals surface area contributed by atoms with Crippen LogP contribution in [0.2, 0.25) is 0 Å². The molecule has 0 saturated carbocycles. The average molecular weight is 512 g/mol. The molecule has 0 spiro atoms. The van der Waals surface area contributed by atoms with E-state index < -0.39 is 79.6 Å². The molecule has 0 bridgehead atoms.